The van der Waals surface area contributed by atoms with E-state index in [1.165, 1.54) is 0 Å². The van der Waals surface area contributed by atoms with Crippen molar-refractivity contribution in [3.05, 3.63) is 53.6 Å². The van der Waals surface area contributed by atoms with Crippen molar-refractivity contribution in [2.24, 2.45) is 0 Å². The Hall–Kier alpha value is -3.35. The Morgan fingerprint density at radius 1 is 0.966 bits per heavy atom. The number of nitrogens with one attached hydrogen (secondary N) is 1. The van der Waals surface area contributed by atoms with Crippen LogP contribution in [-0.4, -0.2) is 43.9 Å². The van der Waals surface area contributed by atoms with Crippen LogP contribution in [0.25, 0.3) is 0 Å². The topological polar surface area (TPSA) is 84.9 Å². The van der Waals surface area contributed by atoms with Crippen LogP contribution in [0.4, 0.5) is 5.69 Å². The second kappa shape index (κ2) is 8.34. The molecule has 7 heteroatoms. The Labute approximate surface area is 168 Å². The lowest BCUT2D eigenvalue weighted by Gasteiger charge is -2.18. The number of rotatable bonds is 6. The fourth-order valence-electron chi connectivity index (χ4n) is 3.54. The maximum absolute atomic E-state index is 12.4. The molecule has 2 aliphatic rings. The molecule has 0 atom stereocenters. The highest BCUT2D eigenvalue weighted by atomic mass is 16.6. The maximum Gasteiger partial charge on any atom is 0.246 e. The first-order chi connectivity index (χ1) is 14.1. The van der Waals surface area contributed by atoms with Crippen LogP contribution in [0.1, 0.15) is 28.8 Å². The predicted molar refractivity (Wildman–Crippen MR) is 107 cm³/mol. The third-order valence-corrected chi connectivity index (χ3v) is 5.07. The summed E-state index contributed by atoms with van der Waals surface area (Å²) in [6.07, 6.45) is 0.906. The monoisotopic (exact) mass is 394 g/mol. The van der Waals surface area contributed by atoms with Gasteiger partial charge >= 0.3 is 0 Å². The van der Waals surface area contributed by atoms with E-state index in [2.05, 4.69) is 5.32 Å². The summed E-state index contributed by atoms with van der Waals surface area (Å²) in [5.74, 6) is 0.533. The quantitative estimate of drug-likeness (QED) is 0.759. The molecule has 0 unspecified atom stereocenters. The van der Waals surface area contributed by atoms with E-state index < -0.39 is 0 Å². The van der Waals surface area contributed by atoms with Crippen LogP contribution in [0.3, 0.4) is 0 Å². The normalized spacial score (nSPS) is 14.3. The first-order valence-corrected chi connectivity index (χ1v) is 9.69. The van der Waals surface area contributed by atoms with E-state index in [1.54, 1.807) is 23.1 Å². The van der Waals surface area contributed by atoms with Gasteiger partial charge in [0.05, 0.1) is 6.54 Å². The van der Waals surface area contributed by atoms with Gasteiger partial charge in [-0.2, -0.15) is 0 Å². The highest BCUT2D eigenvalue weighted by Gasteiger charge is 2.24. The lowest BCUT2D eigenvalue weighted by atomic mass is 10.1. The largest absolute Gasteiger partial charge is 0.486 e. The van der Waals surface area contributed by atoms with Crippen LogP contribution in [-0.2, 0) is 16.0 Å². The fraction of sp³-hybridized carbons (Fsp3) is 0.318. The number of amides is 2. The smallest absolute Gasteiger partial charge is 0.246 e. The van der Waals surface area contributed by atoms with Gasteiger partial charge in [0.1, 0.15) is 13.2 Å². The molecule has 29 heavy (non-hydrogen) atoms. The van der Waals surface area contributed by atoms with Crippen molar-refractivity contribution in [2.75, 3.05) is 31.2 Å². The SMILES string of the molecule is O=C(CCC(=O)c1ccc2c(c1)OCCO2)NCC(=O)N1CCc2ccccc21. The predicted octanol–water partition coefficient (Wildman–Crippen LogP) is 2.13. The number of carbonyl (C=O) groups excluding carboxylic acids is 3. The average Bonchev–Trinajstić information content (AvgIpc) is 3.19. The van der Waals surface area contributed by atoms with Crippen molar-refractivity contribution in [3.63, 3.8) is 0 Å². The zero-order chi connectivity index (χ0) is 20.2. The lowest BCUT2D eigenvalue weighted by molar-refractivity contribution is -0.124. The fourth-order valence-corrected chi connectivity index (χ4v) is 3.54. The standard InChI is InChI=1S/C22H22N2O5/c25-18(16-5-7-19-20(13-16)29-12-11-28-19)6-8-21(26)23-14-22(27)24-10-9-15-3-1-2-4-17(15)24/h1-5,7,13H,6,8-12,14H2,(H,23,26). The van der Waals surface area contributed by atoms with Crippen molar-refractivity contribution in [1.29, 1.82) is 0 Å². The van der Waals surface area contributed by atoms with Crippen LogP contribution in [0.5, 0.6) is 11.5 Å². The molecule has 150 valence electrons. The molecule has 0 spiro atoms. The van der Waals surface area contributed by atoms with Crippen molar-refractivity contribution in [1.82, 2.24) is 5.32 Å². The molecule has 2 amide bonds. The Morgan fingerprint density at radius 3 is 2.62 bits per heavy atom. The van der Waals surface area contributed by atoms with Gasteiger partial charge in [-0.3, -0.25) is 14.4 Å². The molecule has 2 aromatic rings. The second-order valence-corrected chi connectivity index (χ2v) is 6.98. The molecule has 0 fully saturated rings. The molecular formula is C22H22N2O5. The van der Waals surface area contributed by atoms with Gasteiger partial charge in [0, 0.05) is 30.6 Å². The number of ketones is 1. The molecule has 2 aromatic carbocycles. The zero-order valence-corrected chi connectivity index (χ0v) is 16.0. The Kier molecular flexibility index (Phi) is 5.46. The zero-order valence-electron chi connectivity index (χ0n) is 16.0. The van der Waals surface area contributed by atoms with Gasteiger partial charge in [-0.05, 0) is 36.2 Å². The van der Waals surface area contributed by atoms with Crippen LogP contribution in [0.15, 0.2) is 42.5 Å². The van der Waals surface area contributed by atoms with Gasteiger partial charge in [0.15, 0.2) is 17.3 Å². The average molecular weight is 394 g/mol. The number of nitrogens with zero attached hydrogens (tertiary/aromatic N) is 1. The number of Topliss-reactive ketones (excluding diaryl/α,β-unsaturated/α-hetero) is 1. The van der Waals surface area contributed by atoms with Gasteiger partial charge in [-0.15, -0.1) is 0 Å². The first-order valence-electron chi connectivity index (χ1n) is 9.69. The summed E-state index contributed by atoms with van der Waals surface area (Å²) in [4.78, 5) is 38.6. The second-order valence-electron chi connectivity index (χ2n) is 6.98. The molecule has 0 radical (unpaired) electrons. The maximum atomic E-state index is 12.4. The molecule has 7 nitrogen and oxygen atoms in total. The Bertz CT molecular complexity index is 956. The molecule has 0 saturated heterocycles. The van der Waals surface area contributed by atoms with Gasteiger partial charge in [0.25, 0.3) is 0 Å². The van der Waals surface area contributed by atoms with E-state index in [4.69, 9.17) is 9.47 Å². The molecule has 0 aliphatic carbocycles. The van der Waals surface area contributed by atoms with Crippen LogP contribution in [0, 0.1) is 0 Å². The number of anilines is 1. The summed E-state index contributed by atoms with van der Waals surface area (Å²) in [5.41, 5.74) is 2.52. The van der Waals surface area contributed by atoms with E-state index in [0.717, 1.165) is 17.7 Å². The minimum atomic E-state index is -0.322. The molecule has 0 saturated carbocycles. The Morgan fingerprint density at radius 2 is 1.76 bits per heavy atom. The summed E-state index contributed by atoms with van der Waals surface area (Å²) >= 11 is 0. The number of carbonyl (C=O) groups is 3. The number of hydrogen-bond acceptors (Lipinski definition) is 5. The number of benzene rings is 2. The molecule has 2 aliphatic heterocycles. The van der Waals surface area contributed by atoms with Crippen molar-refractivity contribution >= 4 is 23.3 Å². The van der Waals surface area contributed by atoms with Crippen molar-refractivity contribution in [3.8, 4) is 11.5 Å². The summed E-state index contributed by atoms with van der Waals surface area (Å²) < 4.78 is 10.9. The van der Waals surface area contributed by atoms with E-state index in [9.17, 15) is 14.4 Å². The molecule has 0 aromatic heterocycles. The third kappa shape index (κ3) is 4.23. The van der Waals surface area contributed by atoms with E-state index >= 15 is 0 Å². The van der Waals surface area contributed by atoms with E-state index in [0.29, 0.717) is 36.8 Å². The van der Waals surface area contributed by atoms with Gasteiger partial charge in [-0.1, -0.05) is 18.2 Å². The summed E-state index contributed by atoms with van der Waals surface area (Å²) in [6.45, 7) is 1.48. The summed E-state index contributed by atoms with van der Waals surface area (Å²) in [5, 5.41) is 2.62. The van der Waals surface area contributed by atoms with E-state index in [-0.39, 0.29) is 37.0 Å². The highest BCUT2D eigenvalue weighted by Crippen LogP contribution is 2.31. The first kappa shape index (κ1) is 19.0. The van der Waals surface area contributed by atoms with Crippen LogP contribution >= 0.6 is 0 Å². The molecule has 2 heterocycles. The van der Waals surface area contributed by atoms with Crippen molar-refractivity contribution in [2.45, 2.75) is 19.3 Å². The van der Waals surface area contributed by atoms with Crippen LogP contribution in [0.2, 0.25) is 0 Å². The Balaban J connectivity index is 1.25. The number of para-hydroxylation sites is 1. The molecule has 1 N–H and O–H groups in total. The van der Waals surface area contributed by atoms with Gasteiger partial charge < -0.3 is 19.7 Å². The van der Waals surface area contributed by atoms with Crippen LogP contribution < -0.4 is 19.7 Å². The van der Waals surface area contributed by atoms with E-state index in [1.807, 2.05) is 24.3 Å². The minimum absolute atomic E-state index is 0.0249. The number of ether oxygens (including phenoxy) is 2. The van der Waals surface area contributed by atoms with Gasteiger partial charge in [-0.25, -0.2) is 0 Å². The summed E-state index contributed by atoms with van der Waals surface area (Å²) in [6, 6.07) is 12.8. The number of fused-ring (bicyclic) bond motifs is 2. The summed E-state index contributed by atoms with van der Waals surface area (Å²) in [7, 11) is 0. The third-order valence-electron chi connectivity index (χ3n) is 5.07. The highest BCUT2D eigenvalue weighted by molar-refractivity contribution is 6.00. The minimum Gasteiger partial charge on any atom is -0.486 e. The molecule has 4 rings (SSSR count). The molecule has 0 bridgehead atoms. The lowest BCUT2D eigenvalue weighted by Crippen LogP contribution is -2.39. The van der Waals surface area contributed by atoms with Crippen molar-refractivity contribution < 1.29 is 23.9 Å². The number of hydrogen-bond donors (Lipinski definition) is 1. The van der Waals surface area contributed by atoms with Gasteiger partial charge in [0.2, 0.25) is 11.8 Å². The molecular weight excluding hydrogens is 372 g/mol.